The predicted molar refractivity (Wildman–Crippen MR) is 112 cm³/mol. The van der Waals surface area contributed by atoms with E-state index >= 15 is 0 Å². The second kappa shape index (κ2) is 8.68. The van der Waals surface area contributed by atoms with Gasteiger partial charge in [-0.05, 0) is 58.5 Å². The Morgan fingerprint density at radius 2 is 1.90 bits per heavy atom. The third-order valence-electron chi connectivity index (χ3n) is 3.78. The van der Waals surface area contributed by atoms with E-state index in [2.05, 4.69) is 31.7 Å². The Balaban J connectivity index is 1.70. The molecule has 2 aromatic carbocycles. The average Bonchev–Trinajstić information content (AvgIpc) is 2.97. The second-order valence-corrected chi connectivity index (χ2v) is 7.55. The highest BCUT2D eigenvalue weighted by Crippen LogP contribution is 2.31. The molecule has 29 heavy (non-hydrogen) atoms. The first-order valence-electron chi connectivity index (χ1n) is 8.04. The molecule has 0 aliphatic rings. The van der Waals surface area contributed by atoms with E-state index in [0.29, 0.717) is 10.3 Å². The molecule has 0 spiro atoms. The lowest BCUT2D eigenvalue weighted by Gasteiger charge is -2.12. The van der Waals surface area contributed by atoms with Crippen molar-refractivity contribution in [2.24, 2.45) is 0 Å². The van der Waals surface area contributed by atoms with Gasteiger partial charge in [0.25, 0.3) is 0 Å². The topological polar surface area (TPSA) is 41.9 Å². The van der Waals surface area contributed by atoms with E-state index in [9.17, 15) is 17.6 Å². The molecule has 152 valence electrons. The molecule has 0 bridgehead atoms. The van der Waals surface area contributed by atoms with Crippen molar-refractivity contribution in [3.63, 3.8) is 0 Å². The van der Waals surface area contributed by atoms with E-state index in [1.165, 1.54) is 28.9 Å². The van der Waals surface area contributed by atoms with Crippen molar-refractivity contribution in [3.8, 4) is 0 Å². The van der Waals surface area contributed by atoms with Crippen LogP contribution in [-0.4, -0.2) is 14.9 Å². The zero-order chi connectivity index (χ0) is 21.2. The maximum absolute atomic E-state index is 13.9. The molecule has 0 amide bonds. The lowest BCUT2D eigenvalue weighted by atomic mass is 10.2. The number of aromatic nitrogens is 2. The minimum atomic E-state index is -4.46. The molecule has 0 atom stereocenters. The lowest BCUT2D eigenvalue weighted by Crippen LogP contribution is -2.20. The van der Waals surface area contributed by atoms with Crippen LogP contribution in [0, 0.1) is 5.82 Å². The molecular weight excluding hydrogens is 496 g/mol. The number of nitrogens with zero attached hydrogens (tertiary/aromatic N) is 2. The summed E-state index contributed by atoms with van der Waals surface area (Å²) in [7, 11) is 0. The van der Waals surface area contributed by atoms with E-state index in [4.69, 9.17) is 23.8 Å². The lowest BCUT2D eigenvalue weighted by molar-refractivity contribution is -0.137. The van der Waals surface area contributed by atoms with Gasteiger partial charge in [0.1, 0.15) is 5.82 Å². The predicted octanol–water partition coefficient (Wildman–Crippen LogP) is 6.31. The number of alkyl halides is 3. The van der Waals surface area contributed by atoms with Crippen molar-refractivity contribution in [1.82, 2.24) is 9.78 Å². The Hall–Kier alpha value is -2.17. The fourth-order valence-corrected chi connectivity index (χ4v) is 3.30. The Kier molecular flexibility index (Phi) is 6.45. The number of thiocarbonyl (C=S) groups is 1. The van der Waals surface area contributed by atoms with Crippen LogP contribution in [0.4, 0.5) is 29.1 Å². The number of nitrogens with one attached hydrogen (secondary N) is 2. The second-order valence-electron chi connectivity index (χ2n) is 5.88. The summed E-state index contributed by atoms with van der Waals surface area (Å²) in [4.78, 5) is 0. The third kappa shape index (κ3) is 5.46. The van der Waals surface area contributed by atoms with Crippen LogP contribution in [0.5, 0.6) is 0 Å². The number of halogens is 6. The standard InChI is InChI=1S/C18H12BrClF4N4S/c19-13-9-28(8-12-14(20)5-2-6-15(12)21)27-16(13)26-17(29)25-11-4-1-3-10(7-11)18(22,23)24/h1-7,9H,8H2,(H2,25,26,27,29). The summed E-state index contributed by atoms with van der Waals surface area (Å²) in [5.41, 5.74) is -0.344. The Morgan fingerprint density at radius 1 is 1.17 bits per heavy atom. The van der Waals surface area contributed by atoms with Crippen LogP contribution in [-0.2, 0) is 12.7 Å². The number of benzene rings is 2. The number of hydrogen-bond acceptors (Lipinski definition) is 2. The molecule has 0 unspecified atom stereocenters. The zero-order valence-corrected chi connectivity index (χ0v) is 17.6. The molecule has 3 rings (SSSR count). The maximum atomic E-state index is 13.9. The molecule has 1 heterocycles. The summed E-state index contributed by atoms with van der Waals surface area (Å²) < 4.78 is 54.4. The van der Waals surface area contributed by atoms with Crippen molar-refractivity contribution in [2.45, 2.75) is 12.7 Å². The summed E-state index contributed by atoms with van der Waals surface area (Å²) in [5.74, 6) is -0.151. The minimum absolute atomic E-state index is 0.0409. The van der Waals surface area contributed by atoms with E-state index < -0.39 is 17.6 Å². The molecule has 4 nitrogen and oxygen atoms in total. The maximum Gasteiger partial charge on any atom is 0.416 e. The van der Waals surface area contributed by atoms with Crippen molar-refractivity contribution < 1.29 is 17.6 Å². The molecule has 11 heteroatoms. The highest BCUT2D eigenvalue weighted by atomic mass is 79.9. The van der Waals surface area contributed by atoms with Gasteiger partial charge in [0, 0.05) is 22.5 Å². The smallest absolute Gasteiger partial charge is 0.332 e. The molecule has 1 aromatic heterocycles. The van der Waals surface area contributed by atoms with E-state index in [1.807, 2.05) is 0 Å². The Labute approximate surface area is 182 Å². The SMILES string of the molecule is Fc1cccc(Cl)c1Cn1cc(Br)c(NC(=S)Nc2cccc(C(F)(F)F)c2)n1. The highest BCUT2D eigenvalue weighted by molar-refractivity contribution is 9.10. The summed E-state index contributed by atoms with van der Waals surface area (Å²) in [5, 5.41) is 10.0. The molecular formula is C18H12BrClF4N4S. The van der Waals surface area contributed by atoms with Crippen molar-refractivity contribution in [1.29, 1.82) is 0 Å². The number of hydrogen-bond donors (Lipinski definition) is 2. The van der Waals surface area contributed by atoms with Crippen LogP contribution < -0.4 is 10.6 Å². The van der Waals surface area contributed by atoms with Crippen LogP contribution in [0.15, 0.2) is 53.1 Å². The van der Waals surface area contributed by atoms with Gasteiger partial charge in [-0.3, -0.25) is 4.68 Å². The highest BCUT2D eigenvalue weighted by Gasteiger charge is 2.30. The Bertz CT molecular complexity index is 1030. The fraction of sp³-hybridized carbons (Fsp3) is 0.111. The first-order valence-corrected chi connectivity index (χ1v) is 9.62. The van der Waals surface area contributed by atoms with Gasteiger partial charge in [-0.25, -0.2) is 4.39 Å². The molecule has 2 N–H and O–H groups in total. The van der Waals surface area contributed by atoms with Gasteiger partial charge in [-0.15, -0.1) is 0 Å². The van der Waals surface area contributed by atoms with Gasteiger partial charge >= 0.3 is 6.18 Å². The molecule has 0 radical (unpaired) electrons. The summed E-state index contributed by atoms with van der Waals surface area (Å²) >= 11 is 14.5. The summed E-state index contributed by atoms with van der Waals surface area (Å²) in [6, 6.07) is 9.02. The van der Waals surface area contributed by atoms with E-state index in [1.54, 1.807) is 12.3 Å². The van der Waals surface area contributed by atoms with Crippen LogP contribution in [0.2, 0.25) is 5.02 Å². The van der Waals surface area contributed by atoms with Gasteiger partial charge in [-0.2, -0.15) is 18.3 Å². The van der Waals surface area contributed by atoms with Gasteiger partial charge < -0.3 is 10.6 Å². The molecule has 0 aliphatic carbocycles. The van der Waals surface area contributed by atoms with Crippen LogP contribution in [0.3, 0.4) is 0 Å². The largest absolute Gasteiger partial charge is 0.416 e. The molecule has 0 aliphatic heterocycles. The van der Waals surface area contributed by atoms with Gasteiger partial charge in [0.15, 0.2) is 10.9 Å². The average molecular weight is 508 g/mol. The van der Waals surface area contributed by atoms with Gasteiger partial charge in [0.05, 0.1) is 16.6 Å². The normalized spacial score (nSPS) is 11.4. The summed E-state index contributed by atoms with van der Waals surface area (Å²) in [6.07, 6.45) is -2.86. The first-order chi connectivity index (χ1) is 13.6. The number of anilines is 2. The third-order valence-corrected chi connectivity index (χ3v) is 4.92. The van der Waals surface area contributed by atoms with Gasteiger partial charge in [-0.1, -0.05) is 23.7 Å². The van der Waals surface area contributed by atoms with Crippen molar-refractivity contribution in [2.75, 3.05) is 10.6 Å². The fourth-order valence-electron chi connectivity index (χ4n) is 2.45. The zero-order valence-electron chi connectivity index (χ0n) is 14.4. The summed E-state index contributed by atoms with van der Waals surface area (Å²) in [6.45, 7) is 0.0829. The van der Waals surface area contributed by atoms with Crippen LogP contribution in [0.1, 0.15) is 11.1 Å². The molecule has 0 saturated heterocycles. The number of rotatable bonds is 4. The monoisotopic (exact) mass is 506 g/mol. The van der Waals surface area contributed by atoms with Crippen molar-refractivity contribution >= 4 is 56.4 Å². The quantitative estimate of drug-likeness (QED) is 0.321. The first kappa shape index (κ1) is 21.5. The molecule has 0 saturated carbocycles. The van der Waals surface area contributed by atoms with Crippen LogP contribution in [0.25, 0.3) is 0 Å². The van der Waals surface area contributed by atoms with Crippen LogP contribution >= 0.6 is 39.7 Å². The molecule has 0 fully saturated rings. The van der Waals surface area contributed by atoms with Gasteiger partial charge in [0.2, 0.25) is 0 Å². The van der Waals surface area contributed by atoms with Crippen molar-refractivity contribution in [3.05, 3.63) is 75.1 Å². The minimum Gasteiger partial charge on any atom is -0.332 e. The van der Waals surface area contributed by atoms with E-state index in [0.717, 1.165) is 12.1 Å². The molecule has 3 aromatic rings. The van der Waals surface area contributed by atoms with E-state index in [-0.39, 0.29) is 27.9 Å². The Morgan fingerprint density at radius 3 is 2.59 bits per heavy atom.